The van der Waals surface area contributed by atoms with Crippen molar-refractivity contribution < 1.29 is 0 Å². The summed E-state index contributed by atoms with van der Waals surface area (Å²) in [6.45, 7) is 12.1. The Morgan fingerprint density at radius 3 is 2.20 bits per heavy atom. The monoisotopic (exact) mass is 208 g/mol. The molecule has 2 saturated carbocycles. The minimum Gasteiger partial charge on any atom is -0.0649 e. The van der Waals surface area contributed by atoms with Crippen LogP contribution in [0, 0.1) is 28.6 Å². The Labute approximate surface area is 95.8 Å². The maximum absolute atomic E-state index is 2.53. The lowest BCUT2D eigenvalue weighted by molar-refractivity contribution is 0.151. The first-order valence-corrected chi connectivity index (χ1v) is 7.00. The van der Waals surface area contributed by atoms with E-state index in [9.17, 15) is 0 Å². The molecule has 0 spiro atoms. The van der Waals surface area contributed by atoms with Gasteiger partial charge in [0, 0.05) is 0 Å². The van der Waals surface area contributed by atoms with E-state index in [4.69, 9.17) is 0 Å². The van der Waals surface area contributed by atoms with E-state index < -0.39 is 0 Å². The van der Waals surface area contributed by atoms with Gasteiger partial charge in [0.15, 0.2) is 0 Å². The maximum atomic E-state index is 2.53. The molecular weight excluding hydrogens is 180 g/mol. The van der Waals surface area contributed by atoms with E-state index in [-0.39, 0.29) is 0 Å². The van der Waals surface area contributed by atoms with Crippen LogP contribution in [0.3, 0.4) is 0 Å². The van der Waals surface area contributed by atoms with Crippen molar-refractivity contribution in [2.75, 3.05) is 0 Å². The smallest absolute Gasteiger partial charge is 0.0263 e. The van der Waals surface area contributed by atoms with Gasteiger partial charge in [0.2, 0.25) is 0 Å². The highest BCUT2D eigenvalue weighted by atomic mass is 14.7. The Balaban J connectivity index is 1.90. The van der Waals surface area contributed by atoms with Crippen LogP contribution in [0.4, 0.5) is 0 Å². The van der Waals surface area contributed by atoms with Crippen molar-refractivity contribution in [3.63, 3.8) is 0 Å². The summed E-state index contributed by atoms with van der Waals surface area (Å²) in [4.78, 5) is 0. The molecule has 0 aromatic heterocycles. The van der Waals surface area contributed by atoms with Gasteiger partial charge in [0.25, 0.3) is 0 Å². The summed E-state index contributed by atoms with van der Waals surface area (Å²) in [6, 6.07) is 0. The van der Waals surface area contributed by atoms with Gasteiger partial charge in [-0.25, -0.2) is 0 Å². The number of fused-ring (bicyclic) bond motifs is 1. The van der Waals surface area contributed by atoms with E-state index in [0.29, 0.717) is 5.41 Å². The van der Waals surface area contributed by atoms with Crippen LogP contribution < -0.4 is 0 Å². The molecule has 15 heavy (non-hydrogen) atoms. The van der Waals surface area contributed by atoms with Crippen molar-refractivity contribution in [2.24, 2.45) is 28.6 Å². The van der Waals surface area contributed by atoms with Crippen LogP contribution in [-0.2, 0) is 0 Å². The highest BCUT2D eigenvalue weighted by Gasteiger charge is 2.69. The van der Waals surface area contributed by atoms with Gasteiger partial charge in [0.1, 0.15) is 0 Å². The van der Waals surface area contributed by atoms with Crippen molar-refractivity contribution >= 4 is 0 Å². The van der Waals surface area contributed by atoms with Gasteiger partial charge in [-0.1, -0.05) is 53.9 Å². The molecule has 88 valence electrons. The Morgan fingerprint density at radius 2 is 1.80 bits per heavy atom. The molecule has 4 atom stereocenters. The third kappa shape index (κ3) is 1.56. The van der Waals surface area contributed by atoms with Crippen molar-refractivity contribution in [3.8, 4) is 0 Å². The maximum Gasteiger partial charge on any atom is -0.0263 e. The van der Waals surface area contributed by atoms with Gasteiger partial charge < -0.3 is 0 Å². The summed E-state index contributed by atoms with van der Waals surface area (Å²) in [5.41, 5.74) is 1.39. The molecule has 4 unspecified atom stereocenters. The third-order valence-electron chi connectivity index (χ3n) is 6.22. The van der Waals surface area contributed by atoms with E-state index in [1.54, 1.807) is 6.42 Å². The van der Waals surface area contributed by atoms with Gasteiger partial charge in [-0.3, -0.25) is 0 Å². The Kier molecular flexibility index (Phi) is 2.68. The summed E-state index contributed by atoms with van der Waals surface area (Å²) in [7, 11) is 0. The summed E-state index contributed by atoms with van der Waals surface area (Å²) in [6.07, 6.45) is 7.18. The first kappa shape index (κ1) is 11.5. The normalized spacial score (nSPS) is 43.4. The van der Waals surface area contributed by atoms with Crippen LogP contribution in [0.2, 0.25) is 0 Å². The van der Waals surface area contributed by atoms with E-state index in [2.05, 4.69) is 34.6 Å². The van der Waals surface area contributed by atoms with Crippen LogP contribution in [0.25, 0.3) is 0 Å². The predicted molar refractivity (Wildman–Crippen MR) is 66.8 cm³/mol. The van der Waals surface area contributed by atoms with Crippen LogP contribution in [0.5, 0.6) is 0 Å². The molecule has 0 heteroatoms. The first-order chi connectivity index (χ1) is 7.00. The molecule has 2 aliphatic carbocycles. The zero-order valence-electron chi connectivity index (χ0n) is 11.3. The van der Waals surface area contributed by atoms with E-state index >= 15 is 0 Å². The minimum atomic E-state index is 0.632. The van der Waals surface area contributed by atoms with Crippen LogP contribution in [-0.4, -0.2) is 0 Å². The molecule has 0 aliphatic heterocycles. The fourth-order valence-electron chi connectivity index (χ4n) is 4.14. The molecule has 0 bridgehead atoms. The summed E-state index contributed by atoms with van der Waals surface area (Å²) < 4.78 is 0. The van der Waals surface area contributed by atoms with Gasteiger partial charge >= 0.3 is 0 Å². The molecule has 0 amide bonds. The molecule has 0 heterocycles. The minimum absolute atomic E-state index is 0.632. The largest absolute Gasteiger partial charge is 0.0649 e. The first-order valence-electron chi connectivity index (χ1n) is 7.00. The standard InChI is InChI=1S/C15H28/c1-6-14(4,7-2)10-11-9-12-13(11)15(12,5)8-3/h11-13H,6-10H2,1-5H3. The van der Waals surface area contributed by atoms with E-state index in [0.717, 1.165) is 23.2 Å². The van der Waals surface area contributed by atoms with E-state index in [1.165, 1.54) is 25.7 Å². The highest BCUT2D eigenvalue weighted by Crippen LogP contribution is 2.76. The lowest BCUT2D eigenvalue weighted by Gasteiger charge is -2.35. The van der Waals surface area contributed by atoms with Gasteiger partial charge in [-0.2, -0.15) is 0 Å². The zero-order valence-corrected chi connectivity index (χ0v) is 11.3. The Bertz CT molecular complexity index is 238. The van der Waals surface area contributed by atoms with Crippen LogP contribution in [0.1, 0.15) is 66.7 Å². The molecule has 0 nitrogen and oxygen atoms in total. The molecule has 0 N–H and O–H groups in total. The summed E-state index contributed by atoms with van der Waals surface area (Å²) in [5.74, 6) is 3.30. The lowest BCUT2D eigenvalue weighted by atomic mass is 9.70. The van der Waals surface area contributed by atoms with Crippen LogP contribution in [0.15, 0.2) is 0 Å². The lowest BCUT2D eigenvalue weighted by Crippen LogP contribution is -2.25. The van der Waals surface area contributed by atoms with Crippen molar-refractivity contribution in [3.05, 3.63) is 0 Å². The molecule has 0 saturated heterocycles. The molecule has 2 rings (SSSR count). The Hall–Kier alpha value is 0. The third-order valence-corrected chi connectivity index (χ3v) is 6.22. The number of hydrogen-bond donors (Lipinski definition) is 0. The fraction of sp³-hybridized carbons (Fsp3) is 1.00. The van der Waals surface area contributed by atoms with Crippen molar-refractivity contribution in [1.82, 2.24) is 0 Å². The average molecular weight is 208 g/mol. The van der Waals surface area contributed by atoms with Gasteiger partial charge in [-0.15, -0.1) is 0 Å². The quantitative estimate of drug-likeness (QED) is 0.604. The van der Waals surface area contributed by atoms with Crippen molar-refractivity contribution in [2.45, 2.75) is 66.7 Å². The average Bonchev–Trinajstić information content (AvgIpc) is 2.72. The second-order valence-electron chi connectivity index (χ2n) is 6.71. The number of hydrogen-bond acceptors (Lipinski definition) is 0. The topological polar surface area (TPSA) is 0 Å². The fourth-order valence-corrected chi connectivity index (χ4v) is 4.14. The molecule has 0 aromatic carbocycles. The SMILES string of the molecule is CCC(C)(CC)CC1CC2C1C2(C)CC. The second kappa shape index (κ2) is 3.50. The summed E-state index contributed by atoms with van der Waals surface area (Å²) in [5, 5.41) is 0. The van der Waals surface area contributed by atoms with Crippen LogP contribution >= 0.6 is 0 Å². The molecule has 2 fully saturated rings. The molecule has 0 aromatic rings. The van der Waals surface area contributed by atoms with E-state index in [1.807, 2.05) is 0 Å². The molecular formula is C15H28. The van der Waals surface area contributed by atoms with Gasteiger partial charge in [0.05, 0.1) is 0 Å². The highest BCUT2D eigenvalue weighted by molar-refractivity contribution is 5.17. The zero-order chi connectivity index (χ0) is 11.3. The molecule has 0 radical (unpaired) electrons. The molecule has 2 aliphatic rings. The van der Waals surface area contributed by atoms with Crippen molar-refractivity contribution in [1.29, 1.82) is 0 Å². The summed E-state index contributed by atoms with van der Waals surface area (Å²) >= 11 is 0. The Morgan fingerprint density at radius 1 is 1.20 bits per heavy atom. The van der Waals surface area contributed by atoms with Gasteiger partial charge in [-0.05, 0) is 41.4 Å². The second-order valence-corrected chi connectivity index (χ2v) is 6.71. The number of rotatable bonds is 5. The predicted octanol–water partition coefficient (Wildman–Crippen LogP) is 4.89.